The minimum atomic E-state index is -4.41. The first kappa shape index (κ1) is 19.4. The lowest BCUT2D eigenvalue weighted by molar-refractivity contribution is -0.169. The van der Waals surface area contributed by atoms with Crippen LogP contribution >= 0.6 is 11.6 Å². The Bertz CT molecular complexity index is 732. The van der Waals surface area contributed by atoms with Gasteiger partial charge in [0.15, 0.2) is 0 Å². The Labute approximate surface area is 145 Å². The molecule has 0 saturated carbocycles. The van der Waals surface area contributed by atoms with Crippen molar-refractivity contribution in [3.63, 3.8) is 0 Å². The van der Waals surface area contributed by atoms with Crippen molar-refractivity contribution in [2.75, 3.05) is 0 Å². The molecule has 0 aliphatic rings. The van der Waals surface area contributed by atoms with E-state index in [9.17, 15) is 22.0 Å². The Morgan fingerprint density at radius 2 is 1.96 bits per heavy atom. The van der Waals surface area contributed by atoms with Crippen LogP contribution in [0.25, 0.3) is 11.3 Å². The van der Waals surface area contributed by atoms with Crippen LogP contribution in [0, 0.1) is 5.92 Å². The summed E-state index contributed by atoms with van der Waals surface area (Å²) in [5, 5.41) is 4.19. The molecule has 0 N–H and O–H groups in total. The highest BCUT2D eigenvalue weighted by atomic mass is 35.5. The molecule has 0 bridgehead atoms. The number of ether oxygens (including phenoxy) is 1. The van der Waals surface area contributed by atoms with E-state index in [0.29, 0.717) is 12.2 Å². The van der Waals surface area contributed by atoms with Crippen molar-refractivity contribution in [1.82, 2.24) is 14.8 Å². The smallest absolute Gasteiger partial charge is 0.391 e. The predicted octanol–water partition coefficient (Wildman–Crippen LogP) is 4.96. The van der Waals surface area contributed by atoms with Crippen LogP contribution in [0.15, 0.2) is 18.5 Å². The molecule has 4 nitrogen and oxygen atoms in total. The number of nitrogens with zero attached hydrogens (tertiary/aromatic N) is 3. The Morgan fingerprint density at radius 1 is 1.28 bits per heavy atom. The summed E-state index contributed by atoms with van der Waals surface area (Å²) in [6, 6.07) is 1.08. The number of alkyl halides is 5. The number of rotatable bonds is 6. The molecule has 0 spiro atoms. The number of pyridine rings is 1. The van der Waals surface area contributed by atoms with Gasteiger partial charge in [-0.25, -0.2) is 0 Å². The standard InChI is InChI=1S/C15H15ClF5N3O/c1-3-24-13(11(16)7-23-24)10-6-22-9(4-8(2)15(19,20)21)5-12(10)25-14(17)18/h5-8,14H,3-4H2,1-2H3/t8-/m1/s1. The quantitative estimate of drug-likeness (QED) is 0.662. The zero-order valence-electron chi connectivity index (χ0n) is 13.3. The van der Waals surface area contributed by atoms with Gasteiger partial charge in [0, 0.05) is 30.9 Å². The zero-order valence-corrected chi connectivity index (χ0v) is 14.1. The first-order chi connectivity index (χ1) is 11.6. The minimum Gasteiger partial charge on any atom is -0.434 e. The molecule has 0 unspecified atom stereocenters. The van der Waals surface area contributed by atoms with Crippen molar-refractivity contribution in [2.24, 2.45) is 5.92 Å². The molecule has 0 aromatic carbocycles. The van der Waals surface area contributed by atoms with Crippen molar-refractivity contribution in [2.45, 2.75) is 39.6 Å². The van der Waals surface area contributed by atoms with Crippen LogP contribution in [0.1, 0.15) is 19.5 Å². The summed E-state index contributed by atoms with van der Waals surface area (Å²) in [5.41, 5.74) is 0.429. The van der Waals surface area contributed by atoms with Crippen molar-refractivity contribution in [3.8, 4) is 17.0 Å². The second-order valence-corrected chi connectivity index (χ2v) is 5.76. The van der Waals surface area contributed by atoms with Crippen LogP contribution in [-0.2, 0) is 13.0 Å². The average Bonchev–Trinajstić information content (AvgIpc) is 2.87. The summed E-state index contributed by atoms with van der Waals surface area (Å²) in [6.07, 6.45) is -2.35. The van der Waals surface area contributed by atoms with Gasteiger partial charge in [-0.15, -0.1) is 0 Å². The molecule has 0 aliphatic heterocycles. The fourth-order valence-corrected chi connectivity index (χ4v) is 2.50. The van der Waals surface area contributed by atoms with E-state index in [1.165, 1.54) is 17.1 Å². The molecular weight excluding hydrogens is 369 g/mol. The number of hydrogen-bond donors (Lipinski definition) is 0. The average molecular weight is 384 g/mol. The van der Waals surface area contributed by atoms with Crippen LogP contribution in [-0.4, -0.2) is 27.6 Å². The maximum Gasteiger partial charge on any atom is 0.391 e. The largest absolute Gasteiger partial charge is 0.434 e. The highest BCUT2D eigenvalue weighted by Crippen LogP contribution is 2.36. The molecular formula is C15H15ClF5N3O. The number of aromatic nitrogens is 3. The van der Waals surface area contributed by atoms with Gasteiger partial charge in [0.25, 0.3) is 0 Å². The first-order valence-corrected chi connectivity index (χ1v) is 7.73. The highest BCUT2D eigenvalue weighted by molar-refractivity contribution is 6.33. The van der Waals surface area contributed by atoms with E-state index in [1.807, 2.05) is 0 Å². The van der Waals surface area contributed by atoms with Gasteiger partial charge >= 0.3 is 12.8 Å². The van der Waals surface area contributed by atoms with Gasteiger partial charge in [-0.2, -0.15) is 27.1 Å². The highest BCUT2D eigenvalue weighted by Gasteiger charge is 2.36. The number of aryl methyl sites for hydroxylation is 1. The second kappa shape index (κ2) is 7.55. The molecule has 25 heavy (non-hydrogen) atoms. The second-order valence-electron chi connectivity index (χ2n) is 5.35. The Hall–Kier alpha value is -1.90. The lowest BCUT2D eigenvalue weighted by Crippen LogP contribution is -2.22. The van der Waals surface area contributed by atoms with Gasteiger partial charge in [-0.1, -0.05) is 18.5 Å². The number of hydrogen-bond acceptors (Lipinski definition) is 3. The van der Waals surface area contributed by atoms with Gasteiger partial charge in [-0.05, 0) is 6.92 Å². The maximum atomic E-state index is 12.7. The van der Waals surface area contributed by atoms with Gasteiger partial charge in [0.1, 0.15) is 5.75 Å². The summed E-state index contributed by atoms with van der Waals surface area (Å²) in [5.74, 6) is -1.97. The van der Waals surface area contributed by atoms with E-state index in [4.69, 9.17) is 11.6 Å². The Morgan fingerprint density at radius 3 is 2.52 bits per heavy atom. The van der Waals surface area contributed by atoms with Crippen molar-refractivity contribution in [1.29, 1.82) is 0 Å². The zero-order chi connectivity index (χ0) is 18.8. The molecule has 2 heterocycles. The Balaban J connectivity index is 2.46. The fraction of sp³-hybridized carbons (Fsp3) is 0.467. The van der Waals surface area contributed by atoms with Gasteiger partial charge in [0.2, 0.25) is 0 Å². The maximum absolute atomic E-state index is 12.7. The molecule has 2 aromatic rings. The molecule has 2 rings (SSSR count). The topological polar surface area (TPSA) is 39.9 Å². The van der Waals surface area contributed by atoms with Gasteiger partial charge in [-0.3, -0.25) is 9.67 Å². The third kappa shape index (κ3) is 4.59. The molecule has 0 amide bonds. The minimum absolute atomic E-state index is 0.0112. The van der Waals surface area contributed by atoms with E-state index >= 15 is 0 Å². The predicted molar refractivity (Wildman–Crippen MR) is 81.7 cm³/mol. The molecule has 10 heteroatoms. The third-order valence-corrected chi connectivity index (χ3v) is 3.84. The van der Waals surface area contributed by atoms with Crippen LogP contribution in [0.2, 0.25) is 5.02 Å². The Kier molecular flexibility index (Phi) is 5.87. The number of halogens is 6. The first-order valence-electron chi connectivity index (χ1n) is 7.35. The summed E-state index contributed by atoms with van der Waals surface area (Å²) in [6.45, 7) is 0.0218. The fourth-order valence-electron chi connectivity index (χ4n) is 2.26. The monoisotopic (exact) mass is 383 g/mol. The summed E-state index contributed by atoms with van der Waals surface area (Å²) in [4.78, 5) is 3.95. The van der Waals surface area contributed by atoms with Gasteiger partial charge in [0.05, 0.1) is 28.4 Å². The van der Waals surface area contributed by atoms with E-state index in [-0.39, 0.29) is 22.0 Å². The third-order valence-electron chi connectivity index (χ3n) is 3.56. The lowest BCUT2D eigenvalue weighted by atomic mass is 10.0. The molecule has 0 radical (unpaired) electrons. The van der Waals surface area contributed by atoms with Crippen LogP contribution in [0.5, 0.6) is 5.75 Å². The van der Waals surface area contributed by atoms with Crippen molar-refractivity contribution < 1.29 is 26.7 Å². The summed E-state index contributed by atoms with van der Waals surface area (Å²) >= 11 is 6.05. The normalized spacial score (nSPS) is 13.3. The SMILES string of the molecule is CCn1ncc(Cl)c1-c1cnc(C[C@@H](C)C(F)(F)F)cc1OC(F)F. The molecule has 0 saturated heterocycles. The van der Waals surface area contributed by atoms with Crippen molar-refractivity contribution >= 4 is 11.6 Å². The summed E-state index contributed by atoms with van der Waals surface area (Å²) in [7, 11) is 0. The summed E-state index contributed by atoms with van der Waals surface area (Å²) < 4.78 is 69.5. The van der Waals surface area contributed by atoms with E-state index in [1.54, 1.807) is 6.92 Å². The molecule has 1 atom stereocenters. The van der Waals surface area contributed by atoms with E-state index < -0.39 is 25.1 Å². The lowest BCUT2D eigenvalue weighted by Gasteiger charge is -2.17. The van der Waals surface area contributed by atoms with Gasteiger partial charge < -0.3 is 4.74 Å². The molecule has 138 valence electrons. The molecule has 0 fully saturated rings. The van der Waals surface area contributed by atoms with E-state index in [0.717, 1.165) is 13.0 Å². The van der Waals surface area contributed by atoms with Crippen LogP contribution < -0.4 is 4.74 Å². The molecule has 0 aliphatic carbocycles. The van der Waals surface area contributed by atoms with Crippen molar-refractivity contribution in [3.05, 3.63) is 29.2 Å². The van der Waals surface area contributed by atoms with Crippen LogP contribution in [0.3, 0.4) is 0 Å². The van der Waals surface area contributed by atoms with Crippen LogP contribution in [0.4, 0.5) is 22.0 Å². The molecule has 2 aromatic heterocycles. The van der Waals surface area contributed by atoms with E-state index in [2.05, 4.69) is 14.8 Å².